The van der Waals surface area contributed by atoms with E-state index in [1.165, 1.54) is 4.31 Å². The fraction of sp³-hybridized carbons (Fsp3) is 0.333. The number of aromatic nitrogens is 1. The van der Waals surface area contributed by atoms with E-state index in [9.17, 15) is 13.2 Å². The van der Waals surface area contributed by atoms with E-state index < -0.39 is 10.0 Å². The molecule has 0 bridgehead atoms. The molecule has 0 aliphatic carbocycles. The fourth-order valence-electron chi connectivity index (χ4n) is 3.76. The summed E-state index contributed by atoms with van der Waals surface area (Å²) in [7, 11) is -3.60. The first kappa shape index (κ1) is 23.4. The molecule has 0 atom stereocenters. The maximum atomic E-state index is 13.1. The Morgan fingerprint density at radius 2 is 1.91 bits per heavy atom. The quantitative estimate of drug-likeness (QED) is 0.521. The van der Waals surface area contributed by atoms with E-state index in [2.05, 4.69) is 10.3 Å². The third-order valence-electron chi connectivity index (χ3n) is 5.53. The van der Waals surface area contributed by atoms with Gasteiger partial charge in [-0.25, -0.2) is 13.4 Å². The summed E-state index contributed by atoms with van der Waals surface area (Å²) >= 11 is 1.56. The number of anilines is 1. The molecule has 1 aliphatic heterocycles. The Kier molecular flexibility index (Phi) is 7.11. The zero-order valence-corrected chi connectivity index (χ0v) is 20.3. The molecule has 3 aromatic rings. The number of benzene rings is 2. The number of sulfonamides is 1. The van der Waals surface area contributed by atoms with Gasteiger partial charge in [0.1, 0.15) is 12.4 Å². The summed E-state index contributed by atoms with van der Waals surface area (Å²) < 4.78 is 33.6. The molecular formula is C24H27N3O4S2. The molecule has 0 saturated carbocycles. The largest absolute Gasteiger partial charge is 0.487 e. The average molecular weight is 486 g/mol. The minimum Gasteiger partial charge on any atom is -0.487 e. The number of nitrogens with one attached hydrogen (secondary N) is 1. The number of rotatable bonds is 7. The number of carbonyl (C=O) groups is 1. The molecule has 1 fully saturated rings. The van der Waals surface area contributed by atoms with Crippen LogP contribution in [-0.2, 0) is 16.6 Å². The molecule has 1 amide bonds. The summed E-state index contributed by atoms with van der Waals surface area (Å²) in [4.78, 5) is 17.5. The summed E-state index contributed by atoms with van der Waals surface area (Å²) in [5, 5.41) is 5.73. The molecule has 1 aromatic heterocycles. The van der Waals surface area contributed by atoms with E-state index in [-0.39, 0.29) is 10.8 Å². The lowest BCUT2D eigenvalue weighted by atomic mass is 10.2. The lowest BCUT2D eigenvalue weighted by Crippen LogP contribution is -2.36. The first-order valence-electron chi connectivity index (χ1n) is 10.9. The molecule has 1 N–H and O–H groups in total. The number of nitrogens with zero attached hydrogens (tertiary/aromatic N) is 2. The van der Waals surface area contributed by atoms with Gasteiger partial charge < -0.3 is 10.1 Å². The van der Waals surface area contributed by atoms with E-state index in [4.69, 9.17) is 4.74 Å². The van der Waals surface area contributed by atoms with Gasteiger partial charge >= 0.3 is 0 Å². The first-order chi connectivity index (χ1) is 15.8. The number of carbonyl (C=O) groups excluding carboxylic acids is 1. The summed E-state index contributed by atoms with van der Waals surface area (Å²) in [5.41, 5.74) is 2.36. The van der Waals surface area contributed by atoms with Crippen molar-refractivity contribution < 1.29 is 17.9 Å². The Bertz CT molecular complexity index is 1250. The first-order valence-corrected chi connectivity index (χ1v) is 13.2. The third-order valence-corrected chi connectivity index (χ3v) is 8.39. The molecule has 2 aromatic carbocycles. The standard InChI is InChI=1S/C24H27N3O4S2/c1-17-9-10-20(14-23(17)33(29,30)27-11-4-3-5-12-27)26-24(28)19-7-6-8-22(13-19)31-15-21-16-32-18(2)25-21/h6-10,13-14,16H,3-5,11-12,15H2,1-2H3,(H,26,28). The van der Waals surface area contributed by atoms with Crippen molar-refractivity contribution in [2.45, 2.75) is 44.6 Å². The van der Waals surface area contributed by atoms with Gasteiger partial charge in [0.05, 0.1) is 15.6 Å². The van der Waals surface area contributed by atoms with Crippen molar-refractivity contribution in [1.29, 1.82) is 0 Å². The molecule has 174 valence electrons. The van der Waals surface area contributed by atoms with Gasteiger partial charge in [-0.05, 0) is 62.6 Å². The van der Waals surface area contributed by atoms with Crippen molar-refractivity contribution in [1.82, 2.24) is 9.29 Å². The highest BCUT2D eigenvalue weighted by Gasteiger charge is 2.27. The Hall–Kier alpha value is -2.75. The van der Waals surface area contributed by atoms with Gasteiger partial charge in [-0.2, -0.15) is 4.31 Å². The van der Waals surface area contributed by atoms with Crippen LogP contribution >= 0.6 is 11.3 Å². The predicted molar refractivity (Wildman–Crippen MR) is 129 cm³/mol. The van der Waals surface area contributed by atoms with Crippen molar-refractivity contribution in [3.05, 3.63) is 69.7 Å². The molecule has 4 rings (SSSR count). The number of hydrogen-bond donors (Lipinski definition) is 1. The average Bonchev–Trinajstić information content (AvgIpc) is 3.24. The van der Waals surface area contributed by atoms with E-state index in [1.54, 1.807) is 60.7 Å². The predicted octanol–water partition coefficient (Wildman–Crippen LogP) is 4.77. The van der Waals surface area contributed by atoms with Crippen LogP contribution < -0.4 is 10.1 Å². The maximum absolute atomic E-state index is 13.1. The van der Waals surface area contributed by atoms with E-state index in [1.807, 2.05) is 12.3 Å². The van der Waals surface area contributed by atoms with Gasteiger partial charge in [0.25, 0.3) is 5.91 Å². The Morgan fingerprint density at radius 1 is 1.12 bits per heavy atom. The second kappa shape index (κ2) is 10.0. The van der Waals surface area contributed by atoms with Gasteiger partial charge in [0.2, 0.25) is 10.0 Å². The van der Waals surface area contributed by atoms with Crippen LogP contribution in [0.25, 0.3) is 0 Å². The maximum Gasteiger partial charge on any atom is 0.255 e. The number of ether oxygens (including phenoxy) is 1. The minimum absolute atomic E-state index is 0.234. The molecule has 0 unspecified atom stereocenters. The minimum atomic E-state index is -3.60. The Balaban J connectivity index is 1.48. The molecule has 0 radical (unpaired) electrons. The molecule has 2 heterocycles. The molecule has 33 heavy (non-hydrogen) atoms. The van der Waals surface area contributed by atoms with Crippen molar-refractivity contribution in [3.63, 3.8) is 0 Å². The van der Waals surface area contributed by atoms with Crippen LogP contribution in [0.3, 0.4) is 0 Å². The molecule has 7 nitrogen and oxygen atoms in total. The zero-order chi connectivity index (χ0) is 23.4. The van der Waals surface area contributed by atoms with E-state index in [0.29, 0.717) is 42.3 Å². The highest BCUT2D eigenvalue weighted by molar-refractivity contribution is 7.89. The van der Waals surface area contributed by atoms with E-state index in [0.717, 1.165) is 30.0 Å². The second-order valence-corrected chi connectivity index (χ2v) is 11.0. The Labute approximate surface area is 198 Å². The monoisotopic (exact) mass is 485 g/mol. The topological polar surface area (TPSA) is 88.6 Å². The smallest absolute Gasteiger partial charge is 0.255 e. The number of piperidine rings is 1. The highest BCUT2D eigenvalue weighted by atomic mass is 32.2. The van der Waals surface area contributed by atoms with Gasteiger partial charge in [-0.1, -0.05) is 18.6 Å². The van der Waals surface area contributed by atoms with Crippen LogP contribution in [0, 0.1) is 13.8 Å². The summed E-state index contributed by atoms with van der Waals surface area (Å²) in [5.74, 6) is 0.223. The number of aryl methyl sites for hydroxylation is 2. The van der Waals surface area contributed by atoms with Crippen LogP contribution in [-0.4, -0.2) is 36.7 Å². The lowest BCUT2D eigenvalue weighted by Gasteiger charge is -2.26. The number of amides is 1. The molecule has 1 saturated heterocycles. The number of thiazole rings is 1. The van der Waals surface area contributed by atoms with Crippen LogP contribution in [0.15, 0.2) is 52.7 Å². The van der Waals surface area contributed by atoms with Gasteiger partial charge in [0, 0.05) is 29.7 Å². The van der Waals surface area contributed by atoms with Crippen molar-refractivity contribution in [3.8, 4) is 5.75 Å². The fourth-order valence-corrected chi connectivity index (χ4v) is 6.13. The molecule has 1 aliphatic rings. The zero-order valence-electron chi connectivity index (χ0n) is 18.7. The van der Waals surface area contributed by atoms with Crippen molar-refractivity contribution >= 4 is 33.0 Å². The molecule has 9 heteroatoms. The summed E-state index contributed by atoms with van der Waals surface area (Å²) in [6.07, 6.45) is 2.79. The SMILES string of the molecule is Cc1nc(COc2cccc(C(=O)Nc3ccc(C)c(S(=O)(=O)N4CCCCC4)c3)c2)cs1. The molecule has 0 spiro atoms. The van der Waals surface area contributed by atoms with Crippen LogP contribution in [0.2, 0.25) is 0 Å². The van der Waals surface area contributed by atoms with Crippen molar-refractivity contribution in [2.75, 3.05) is 18.4 Å². The number of hydrogen-bond acceptors (Lipinski definition) is 6. The van der Waals surface area contributed by atoms with Crippen LogP contribution in [0.1, 0.15) is 45.9 Å². The van der Waals surface area contributed by atoms with E-state index >= 15 is 0 Å². The van der Waals surface area contributed by atoms with Crippen LogP contribution in [0.5, 0.6) is 5.75 Å². The highest BCUT2D eigenvalue weighted by Crippen LogP contribution is 2.26. The summed E-state index contributed by atoms with van der Waals surface area (Å²) in [6, 6.07) is 11.9. The van der Waals surface area contributed by atoms with Crippen LogP contribution in [0.4, 0.5) is 5.69 Å². The van der Waals surface area contributed by atoms with Gasteiger partial charge in [-0.3, -0.25) is 4.79 Å². The van der Waals surface area contributed by atoms with Gasteiger partial charge in [0.15, 0.2) is 0 Å². The normalized spacial score (nSPS) is 14.7. The van der Waals surface area contributed by atoms with Crippen molar-refractivity contribution in [2.24, 2.45) is 0 Å². The third kappa shape index (κ3) is 5.61. The molecular weight excluding hydrogens is 458 g/mol. The Morgan fingerprint density at radius 3 is 2.64 bits per heavy atom. The second-order valence-electron chi connectivity index (χ2n) is 8.07. The summed E-state index contributed by atoms with van der Waals surface area (Å²) in [6.45, 7) is 5.10. The lowest BCUT2D eigenvalue weighted by molar-refractivity contribution is 0.102. The van der Waals surface area contributed by atoms with Gasteiger partial charge in [-0.15, -0.1) is 11.3 Å².